The first kappa shape index (κ1) is 33.9. The van der Waals surface area contributed by atoms with E-state index in [1.165, 1.54) is 25.1 Å². The number of hydrogen-bond donors (Lipinski definition) is 1. The van der Waals surface area contributed by atoms with Crippen molar-refractivity contribution in [3.05, 3.63) is 86.0 Å². The minimum atomic E-state index is -2.09. The van der Waals surface area contributed by atoms with Crippen LogP contribution in [-0.4, -0.2) is 72.8 Å². The monoisotopic (exact) mass is 785 g/mol. The van der Waals surface area contributed by atoms with Gasteiger partial charge in [-0.05, 0) is 35.8 Å². The van der Waals surface area contributed by atoms with Crippen LogP contribution in [0.1, 0.15) is 24.3 Å². The SMILES string of the molecule is CN(C)c1c([N+](=O)[O-])cc(N2C(=O)[C@H]3[C@H](CC=C4[C@H]3C[C@@]3(Cl)C(=O)N(CBr)C(=O)[C@@]3(Cl)[C@H]4c3ccc(O)c4ccccc34)C2=O)cc1[N+](=O)[O-]. The molecule has 2 aliphatic heterocycles. The van der Waals surface area contributed by atoms with Crippen LogP contribution in [0.5, 0.6) is 5.75 Å². The summed E-state index contributed by atoms with van der Waals surface area (Å²) in [7, 11) is 2.79. The van der Waals surface area contributed by atoms with Crippen LogP contribution in [-0.2, 0) is 19.2 Å². The number of rotatable bonds is 6. The van der Waals surface area contributed by atoms with E-state index in [4.69, 9.17) is 23.2 Å². The Morgan fingerprint density at radius 3 is 2.14 bits per heavy atom. The van der Waals surface area contributed by atoms with Crippen LogP contribution >= 0.6 is 39.1 Å². The second kappa shape index (κ2) is 11.5. The molecule has 0 radical (unpaired) electrons. The van der Waals surface area contributed by atoms with Crippen molar-refractivity contribution in [3.8, 4) is 5.75 Å². The summed E-state index contributed by atoms with van der Waals surface area (Å²) in [4.78, 5) is 77.9. The summed E-state index contributed by atoms with van der Waals surface area (Å²) in [6.45, 7) is 0. The van der Waals surface area contributed by atoms with E-state index in [0.717, 1.165) is 21.9 Å². The second-order valence-corrected chi connectivity index (χ2v) is 14.7. The fourth-order valence-corrected chi connectivity index (χ4v) is 9.78. The van der Waals surface area contributed by atoms with Gasteiger partial charge in [-0.25, -0.2) is 4.90 Å². The average Bonchev–Trinajstić information content (AvgIpc) is 3.42. The van der Waals surface area contributed by atoms with Gasteiger partial charge < -0.3 is 10.0 Å². The van der Waals surface area contributed by atoms with Gasteiger partial charge in [0.2, 0.25) is 11.8 Å². The smallest absolute Gasteiger partial charge is 0.301 e. The summed E-state index contributed by atoms with van der Waals surface area (Å²) < 4.78 is 0. The van der Waals surface area contributed by atoms with Gasteiger partial charge in [0.15, 0.2) is 15.4 Å². The Balaban J connectivity index is 1.42. The number of alkyl halides is 3. The number of amides is 4. The molecule has 0 unspecified atom stereocenters. The summed E-state index contributed by atoms with van der Waals surface area (Å²) in [6.07, 6.45) is 1.41. The zero-order chi connectivity index (χ0) is 36.2. The maximum Gasteiger partial charge on any atom is 0.301 e. The molecule has 0 spiro atoms. The van der Waals surface area contributed by atoms with Crippen molar-refractivity contribution in [3.63, 3.8) is 0 Å². The molecule has 1 saturated carbocycles. The number of likely N-dealkylation sites (tertiary alicyclic amines) is 1. The Kier molecular flexibility index (Phi) is 7.77. The van der Waals surface area contributed by atoms with E-state index in [1.807, 2.05) is 0 Å². The number of carbonyl (C=O) groups is 4. The maximum absolute atomic E-state index is 14.5. The first-order chi connectivity index (χ1) is 23.6. The Hall–Kier alpha value is -4.60. The highest BCUT2D eigenvalue weighted by molar-refractivity contribution is 9.09. The number of nitro groups is 2. The molecule has 4 amide bonds. The third kappa shape index (κ3) is 4.32. The first-order valence-corrected chi connectivity index (χ1v) is 17.2. The highest BCUT2D eigenvalue weighted by Crippen LogP contribution is 2.66. The lowest BCUT2D eigenvalue weighted by Gasteiger charge is -2.51. The number of aromatic hydroxyl groups is 1. The third-order valence-corrected chi connectivity index (χ3v) is 12.3. The highest BCUT2D eigenvalue weighted by Gasteiger charge is 2.76. The van der Waals surface area contributed by atoms with Crippen molar-refractivity contribution in [2.45, 2.75) is 28.5 Å². The number of halogens is 3. The van der Waals surface area contributed by atoms with Crippen molar-refractivity contribution in [1.29, 1.82) is 0 Å². The number of phenols is 1. The second-order valence-electron chi connectivity index (χ2n) is 13.0. The van der Waals surface area contributed by atoms with Gasteiger partial charge in [-0.15, -0.1) is 23.2 Å². The van der Waals surface area contributed by atoms with E-state index in [1.54, 1.807) is 36.4 Å². The van der Waals surface area contributed by atoms with E-state index < -0.39 is 78.3 Å². The molecule has 4 aliphatic rings. The molecule has 17 heteroatoms. The van der Waals surface area contributed by atoms with Crippen molar-refractivity contribution in [2.24, 2.45) is 17.8 Å². The topological polar surface area (TPSA) is 185 Å². The van der Waals surface area contributed by atoms with E-state index in [0.29, 0.717) is 21.9 Å². The predicted molar refractivity (Wildman–Crippen MR) is 186 cm³/mol. The number of imide groups is 2. The van der Waals surface area contributed by atoms with E-state index in [-0.39, 0.29) is 35.4 Å². The molecule has 7 rings (SSSR count). The van der Waals surface area contributed by atoms with Crippen LogP contribution in [0.4, 0.5) is 22.7 Å². The molecular formula is C33H26BrCl2N5O9. The molecule has 0 bridgehead atoms. The molecule has 50 heavy (non-hydrogen) atoms. The van der Waals surface area contributed by atoms with Crippen LogP contribution in [0.15, 0.2) is 60.2 Å². The molecular weight excluding hydrogens is 761 g/mol. The molecule has 3 aromatic carbocycles. The Bertz CT molecular complexity index is 2110. The molecule has 258 valence electrons. The molecule has 3 aromatic rings. The highest BCUT2D eigenvalue weighted by atomic mass is 79.9. The lowest BCUT2D eigenvalue weighted by molar-refractivity contribution is -0.392. The van der Waals surface area contributed by atoms with E-state index in [2.05, 4.69) is 15.9 Å². The zero-order valence-corrected chi connectivity index (χ0v) is 29.3. The number of fused-ring (bicyclic) bond motifs is 5. The van der Waals surface area contributed by atoms with Gasteiger partial charge in [0, 0.05) is 37.5 Å². The normalized spacial score (nSPS) is 28.8. The number of benzene rings is 3. The van der Waals surface area contributed by atoms with Gasteiger partial charge in [-0.3, -0.25) is 44.3 Å². The van der Waals surface area contributed by atoms with Crippen molar-refractivity contribution < 1.29 is 34.1 Å². The van der Waals surface area contributed by atoms with E-state index in [9.17, 15) is 44.5 Å². The molecule has 2 aliphatic carbocycles. The largest absolute Gasteiger partial charge is 0.507 e. The Morgan fingerprint density at radius 2 is 1.56 bits per heavy atom. The number of hydrogen-bond acceptors (Lipinski definition) is 10. The third-order valence-electron chi connectivity index (χ3n) is 10.4. The number of nitro benzene ring substituents is 2. The molecule has 2 saturated heterocycles. The minimum Gasteiger partial charge on any atom is -0.507 e. The van der Waals surface area contributed by atoms with Crippen LogP contribution in [0.3, 0.4) is 0 Å². The molecule has 6 atom stereocenters. The standard InChI is InChI=1S/C33H26BrCl2N5O9/c1-37(2)27-22(40(47)48)11-15(12-23(27)41(49)50)39-28(43)20-8-7-19-21(25(20)29(39)44)13-32(35)30(45)38(14-34)31(46)33(32,36)26(19)18-9-10-24(42)17-6-4-3-5-16(17)18/h3-7,9-12,20-21,25-26,42H,8,13-14H2,1-2H3/t20-,21+,25-,26-,32+,33-/m0/s1. The lowest BCUT2D eigenvalue weighted by Crippen LogP contribution is -2.60. The maximum atomic E-state index is 14.5. The van der Waals surface area contributed by atoms with Gasteiger partial charge in [-0.2, -0.15) is 0 Å². The molecule has 1 N–H and O–H groups in total. The Labute approximate surface area is 301 Å². The Morgan fingerprint density at radius 1 is 0.940 bits per heavy atom. The summed E-state index contributed by atoms with van der Waals surface area (Å²) in [6, 6.07) is 11.8. The van der Waals surface area contributed by atoms with Crippen LogP contribution in [0.2, 0.25) is 0 Å². The van der Waals surface area contributed by atoms with Crippen molar-refractivity contribution in [1.82, 2.24) is 4.90 Å². The van der Waals surface area contributed by atoms with E-state index >= 15 is 0 Å². The molecule has 3 fully saturated rings. The van der Waals surface area contributed by atoms with Gasteiger partial charge in [0.25, 0.3) is 11.8 Å². The molecule has 2 heterocycles. The predicted octanol–water partition coefficient (Wildman–Crippen LogP) is 5.34. The summed E-state index contributed by atoms with van der Waals surface area (Å²) in [5.74, 6) is -7.30. The van der Waals surface area contributed by atoms with Gasteiger partial charge in [0.1, 0.15) is 5.75 Å². The number of carbonyl (C=O) groups excluding carboxylic acids is 4. The van der Waals surface area contributed by atoms with Crippen molar-refractivity contribution >= 4 is 96.3 Å². The first-order valence-electron chi connectivity index (χ1n) is 15.3. The zero-order valence-electron chi connectivity index (χ0n) is 26.2. The number of allylic oxidation sites excluding steroid dienone is 2. The fourth-order valence-electron chi connectivity index (χ4n) is 8.37. The molecule has 0 aromatic heterocycles. The number of phenolic OH excluding ortho intramolecular Hbond substituents is 1. The summed E-state index contributed by atoms with van der Waals surface area (Å²) in [5, 5.41) is 35.8. The lowest BCUT2D eigenvalue weighted by atomic mass is 9.56. The number of anilines is 2. The van der Waals surface area contributed by atoms with Crippen LogP contribution in [0, 0.1) is 38.0 Å². The average molecular weight is 787 g/mol. The van der Waals surface area contributed by atoms with Gasteiger partial charge in [0.05, 0.1) is 32.8 Å². The van der Waals surface area contributed by atoms with Crippen LogP contribution < -0.4 is 9.80 Å². The summed E-state index contributed by atoms with van der Waals surface area (Å²) in [5.41, 5.74) is -1.27. The summed E-state index contributed by atoms with van der Waals surface area (Å²) >= 11 is 17.9. The fraction of sp³-hybridized carbons (Fsp3) is 0.333. The van der Waals surface area contributed by atoms with Gasteiger partial charge in [-0.1, -0.05) is 57.9 Å². The number of nitrogens with zero attached hydrogens (tertiary/aromatic N) is 5. The van der Waals surface area contributed by atoms with Gasteiger partial charge >= 0.3 is 11.4 Å². The van der Waals surface area contributed by atoms with Crippen molar-refractivity contribution in [2.75, 3.05) is 29.3 Å². The molecule has 14 nitrogen and oxygen atoms in total. The quantitative estimate of drug-likeness (QED) is 0.0854. The minimum absolute atomic E-state index is 0.00337. The van der Waals surface area contributed by atoms with Crippen LogP contribution in [0.25, 0.3) is 10.8 Å².